The lowest BCUT2D eigenvalue weighted by Crippen LogP contribution is -2.09. The lowest BCUT2D eigenvalue weighted by Gasteiger charge is -2.11. The van der Waals surface area contributed by atoms with Crippen LogP contribution in [0.3, 0.4) is 0 Å². The van der Waals surface area contributed by atoms with Crippen LogP contribution in [-0.2, 0) is 0 Å². The number of ether oxygens (including phenoxy) is 1. The van der Waals surface area contributed by atoms with E-state index in [1.54, 1.807) is 18.2 Å². The molecule has 0 bridgehead atoms. The van der Waals surface area contributed by atoms with Gasteiger partial charge in [0, 0.05) is 5.69 Å². The van der Waals surface area contributed by atoms with E-state index in [1.165, 1.54) is 0 Å². The lowest BCUT2D eigenvalue weighted by molar-refractivity contribution is 0.111. The molecule has 0 aliphatic carbocycles. The minimum Gasteiger partial charge on any atom is -0.484 e. The van der Waals surface area contributed by atoms with Crippen molar-refractivity contribution < 1.29 is 9.53 Å². The van der Waals surface area contributed by atoms with E-state index >= 15 is 0 Å². The molecule has 1 rings (SSSR count). The lowest BCUT2D eigenvalue weighted by atomic mass is 10.3. The summed E-state index contributed by atoms with van der Waals surface area (Å²) in [6.45, 7) is 7.27. The van der Waals surface area contributed by atoms with Gasteiger partial charge < -0.3 is 4.74 Å². The molecule has 3 nitrogen and oxygen atoms in total. The Hall–Kier alpha value is -1.64. The highest BCUT2D eigenvalue weighted by Crippen LogP contribution is 2.16. The van der Waals surface area contributed by atoms with Gasteiger partial charge >= 0.3 is 0 Å². The summed E-state index contributed by atoms with van der Waals surface area (Å²) in [7, 11) is 0. The first-order valence-corrected chi connectivity index (χ1v) is 4.39. The summed E-state index contributed by atoms with van der Waals surface area (Å²) in [5.41, 5.74) is 1.13. The summed E-state index contributed by atoms with van der Waals surface area (Å²) >= 11 is 0. The number of pyridine rings is 1. The van der Waals surface area contributed by atoms with Crippen LogP contribution in [0.25, 0.3) is 0 Å². The molecule has 1 atom stereocenters. The third-order valence-electron chi connectivity index (χ3n) is 1.78. The monoisotopic (exact) mass is 191 g/mol. The number of aromatic nitrogens is 1. The maximum Gasteiger partial charge on any atom is 0.172 e. The van der Waals surface area contributed by atoms with E-state index in [0.29, 0.717) is 17.7 Å². The fraction of sp³-hybridized carbons (Fsp3) is 0.273. The summed E-state index contributed by atoms with van der Waals surface area (Å²) < 4.78 is 5.43. The quantitative estimate of drug-likeness (QED) is 0.540. The predicted octanol–water partition coefficient (Wildman–Crippen LogP) is 2.16. The minimum absolute atomic E-state index is 0.127. The van der Waals surface area contributed by atoms with Gasteiger partial charge in [-0.1, -0.05) is 12.7 Å². The number of aryl methyl sites for hydroxylation is 1. The van der Waals surface area contributed by atoms with Crippen LogP contribution in [0.1, 0.15) is 23.1 Å². The van der Waals surface area contributed by atoms with Crippen molar-refractivity contribution in [3.8, 4) is 5.75 Å². The summed E-state index contributed by atoms with van der Waals surface area (Å²) in [6, 6.07) is 3.55. The maximum absolute atomic E-state index is 10.7. The van der Waals surface area contributed by atoms with E-state index in [4.69, 9.17) is 4.74 Å². The first-order valence-electron chi connectivity index (χ1n) is 4.39. The third-order valence-corrected chi connectivity index (χ3v) is 1.78. The fourth-order valence-electron chi connectivity index (χ4n) is 0.996. The number of hydrogen-bond donors (Lipinski definition) is 0. The summed E-state index contributed by atoms with van der Waals surface area (Å²) in [6.07, 6.45) is 2.23. The molecule has 0 amide bonds. The standard InChI is InChI=1S/C11H13NO2/c1-4-9(3)14-11-6-5-8(2)12-10(11)7-13/h4-7,9H,1H2,2-3H3. The Morgan fingerprint density at radius 3 is 2.86 bits per heavy atom. The average Bonchev–Trinajstić information content (AvgIpc) is 2.20. The van der Waals surface area contributed by atoms with Crippen molar-refractivity contribution in [3.05, 3.63) is 36.2 Å². The molecule has 14 heavy (non-hydrogen) atoms. The molecule has 0 aliphatic heterocycles. The van der Waals surface area contributed by atoms with Gasteiger partial charge in [-0.15, -0.1) is 0 Å². The van der Waals surface area contributed by atoms with E-state index in [9.17, 15) is 4.79 Å². The molecule has 74 valence electrons. The van der Waals surface area contributed by atoms with E-state index in [0.717, 1.165) is 5.69 Å². The normalized spacial score (nSPS) is 11.9. The summed E-state index contributed by atoms with van der Waals surface area (Å²) in [4.78, 5) is 14.7. The molecule has 0 fully saturated rings. The number of rotatable bonds is 4. The van der Waals surface area contributed by atoms with Crippen LogP contribution in [0.2, 0.25) is 0 Å². The minimum atomic E-state index is -0.127. The number of nitrogens with zero attached hydrogens (tertiary/aromatic N) is 1. The predicted molar refractivity (Wildman–Crippen MR) is 54.6 cm³/mol. The SMILES string of the molecule is C=CC(C)Oc1ccc(C)nc1C=O. The van der Waals surface area contributed by atoms with E-state index in [1.807, 2.05) is 13.8 Å². The van der Waals surface area contributed by atoms with Crippen LogP contribution in [0.4, 0.5) is 0 Å². The molecule has 3 heteroatoms. The topological polar surface area (TPSA) is 39.2 Å². The van der Waals surface area contributed by atoms with Gasteiger partial charge in [0.1, 0.15) is 17.5 Å². The number of aldehydes is 1. The molecular formula is C11H13NO2. The van der Waals surface area contributed by atoms with Gasteiger partial charge in [-0.25, -0.2) is 4.98 Å². The van der Waals surface area contributed by atoms with Gasteiger partial charge in [0.2, 0.25) is 0 Å². The van der Waals surface area contributed by atoms with Crippen LogP contribution >= 0.6 is 0 Å². The highest BCUT2D eigenvalue weighted by atomic mass is 16.5. The molecule has 1 heterocycles. The van der Waals surface area contributed by atoms with Crippen molar-refractivity contribution in [2.45, 2.75) is 20.0 Å². The van der Waals surface area contributed by atoms with Crippen LogP contribution in [-0.4, -0.2) is 17.4 Å². The smallest absolute Gasteiger partial charge is 0.172 e. The Morgan fingerprint density at radius 2 is 2.29 bits per heavy atom. The number of hydrogen-bond acceptors (Lipinski definition) is 3. The van der Waals surface area contributed by atoms with Crippen molar-refractivity contribution in [1.82, 2.24) is 4.98 Å². The first-order chi connectivity index (χ1) is 6.67. The fourth-order valence-corrected chi connectivity index (χ4v) is 0.996. The van der Waals surface area contributed by atoms with Gasteiger partial charge in [0.15, 0.2) is 6.29 Å². The molecule has 0 aromatic carbocycles. The van der Waals surface area contributed by atoms with Gasteiger partial charge in [0.25, 0.3) is 0 Å². The Kier molecular flexibility index (Phi) is 3.40. The molecule has 0 saturated heterocycles. The van der Waals surface area contributed by atoms with E-state index in [2.05, 4.69) is 11.6 Å². The van der Waals surface area contributed by atoms with Gasteiger partial charge in [-0.05, 0) is 26.0 Å². The average molecular weight is 191 g/mol. The van der Waals surface area contributed by atoms with Crippen LogP contribution < -0.4 is 4.74 Å². The van der Waals surface area contributed by atoms with Gasteiger partial charge in [-0.2, -0.15) is 0 Å². The highest BCUT2D eigenvalue weighted by molar-refractivity contribution is 5.76. The van der Waals surface area contributed by atoms with Crippen molar-refractivity contribution in [3.63, 3.8) is 0 Å². The Labute approximate surface area is 83.4 Å². The molecule has 1 aromatic heterocycles. The third kappa shape index (κ3) is 2.42. The van der Waals surface area contributed by atoms with Gasteiger partial charge in [-0.3, -0.25) is 4.79 Å². The molecule has 0 saturated carbocycles. The van der Waals surface area contributed by atoms with Gasteiger partial charge in [0.05, 0.1) is 0 Å². The molecule has 1 aromatic rings. The largest absolute Gasteiger partial charge is 0.484 e. The zero-order valence-corrected chi connectivity index (χ0v) is 8.36. The molecule has 0 aliphatic rings. The van der Waals surface area contributed by atoms with Crippen molar-refractivity contribution in [2.24, 2.45) is 0 Å². The number of carbonyl (C=O) groups is 1. The second-order valence-electron chi connectivity index (χ2n) is 3.01. The van der Waals surface area contributed by atoms with Crippen molar-refractivity contribution in [2.75, 3.05) is 0 Å². The first kappa shape index (κ1) is 10.4. The van der Waals surface area contributed by atoms with Crippen molar-refractivity contribution >= 4 is 6.29 Å². The molecule has 0 N–H and O–H groups in total. The van der Waals surface area contributed by atoms with Crippen LogP contribution in [0, 0.1) is 6.92 Å². The highest BCUT2D eigenvalue weighted by Gasteiger charge is 2.06. The second kappa shape index (κ2) is 4.56. The molecule has 0 spiro atoms. The molecular weight excluding hydrogens is 178 g/mol. The van der Waals surface area contributed by atoms with Crippen LogP contribution in [0.15, 0.2) is 24.8 Å². The molecule has 0 radical (unpaired) electrons. The zero-order chi connectivity index (χ0) is 10.6. The van der Waals surface area contributed by atoms with E-state index in [-0.39, 0.29) is 6.10 Å². The summed E-state index contributed by atoms with van der Waals surface area (Å²) in [5, 5.41) is 0. The molecule has 1 unspecified atom stereocenters. The van der Waals surface area contributed by atoms with E-state index < -0.39 is 0 Å². The Morgan fingerprint density at radius 1 is 1.57 bits per heavy atom. The number of carbonyl (C=O) groups excluding carboxylic acids is 1. The maximum atomic E-state index is 10.7. The second-order valence-corrected chi connectivity index (χ2v) is 3.01. The Balaban J connectivity index is 2.96. The zero-order valence-electron chi connectivity index (χ0n) is 8.36. The van der Waals surface area contributed by atoms with Crippen LogP contribution in [0.5, 0.6) is 5.75 Å². The summed E-state index contributed by atoms with van der Waals surface area (Å²) in [5.74, 6) is 0.498. The van der Waals surface area contributed by atoms with Crippen molar-refractivity contribution in [1.29, 1.82) is 0 Å². The Bertz CT molecular complexity index is 347.